The zero-order valence-electron chi connectivity index (χ0n) is 22.0. The summed E-state index contributed by atoms with van der Waals surface area (Å²) >= 11 is 6.22. The van der Waals surface area contributed by atoms with Crippen molar-refractivity contribution in [1.82, 2.24) is 19.2 Å². The molecule has 0 saturated carbocycles. The Kier molecular flexibility index (Phi) is 6.37. The van der Waals surface area contributed by atoms with E-state index < -0.39 is 0 Å². The Morgan fingerprint density at radius 3 is 2.46 bits per heavy atom. The fraction of sp³-hybridized carbons (Fsp3) is 0.161. The number of aryl methyl sites for hydroxylation is 1. The average molecular weight is 537 g/mol. The van der Waals surface area contributed by atoms with Crippen molar-refractivity contribution in [2.45, 2.75) is 19.5 Å². The normalized spacial score (nSPS) is 14.4. The van der Waals surface area contributed by atoms with E-state index in [0.717, 1.165) is 39.7 Å². The summed E-state index contributed by atoms with van der Waals surface area (Å²) in [5.41, 5.74) is 6.56. The highest BCUT2D eigenvalue weighted by molar-refractivity contribution is 6.30. The van der Waals surface area contributed by atoms with E-state index in [1.54, 1.807) is 12.1 Å². The van der Waals surface area contributed by atoms with Gasteiger partial charge in [-0.25, -0.2) is 9.48 Å². The number of benzene rings is 3. The summed E-state index contributed by atoms with van der Waals surface area (Å²) in [5, 5.41) is 8.56. The predicted molar refractivity (Wildman–Crippen MR) is 156 cm³/mol. The molecule has 2 amide bonds. The molecule has 8 heteroatoms. The van der Waals surface area contributed by atoms with E-state index >= 15 is 0 Å². The quantitative estimate of drug-likeness (QED) is 0.274. The van der Waals surface area contributed by atoms with Gasteiger partial charge in [-0.2, -0.15) is 5.10 Å². The van der Waals surface area contributed by atoms with Gasteiger partial charge in [-0.1, -0.05) is 48.0 Å². The molecule has 5 aromatic rings. The predicted octanol–water partition coefficient (Wildman–Crippen LogP) is 6.83. The SMILES string of the molecule is Cc1nn(-c2ccccc2)c2c1CN(C(=O)Nc1cccc(Cl)c1)[C@H](c1ccc(N(C)C)cc1)c1cccn1-2. The Morgan fingerprint density at radius 1 is 0.974 bits per heavy atom. The average Bonchev–Trinajstić information content (AvgIpc) is 3.49. The molecule has 0 unspecified atom stereocenters. The lowest BCUT2D eigenvalue weighted by Crippen LogP contribution is -2.38. The van der Waals surface area contributed by atoms with Crippen LogP contribution in [-0.2, 0) is 6.54 Å². The molecule has 3 aromatic carbocycles. The Hall–Kier alpha value is -4.49. The minimum atomic E-state index is -0.341. The molecule has 0 spiro atoms. The number of urea groups is 1. The Balaban J connectivity index is 1.52. The van der Waals surface area contributed by atoms with Crippen molar-refractivity contribution in [3.05, 3.63) is 125 Å². The second-order valence-corrected chi connectivity index (χ2v) is 10.3. The highest BCUT2D eigenvalue weighted by atomic mass is 35.5. The van der Waals surface area contributed by atoms with Gasteiger partial charge >= 0.3 is 6.03 Å². The van der Waals surface area contributed by atoms with Crippen LogP contribution >= 0.6 is 11.6 Å². The van der Waals surface area contributed by atoms with Gasteiger partial charge in [0.25, 0.3) is 0 Å². The summed E-state index contributed by atoms with van der Waals surface area (Å²) in [4.78, 5) is 18.0. The lowest BCUT2D eigenvalue weighted by molar-refractivity contribution is 0.194. The highest BCUT2D eigenvalue weighted by Crippen LogP contribution is 2.39. The number of carbonyl (C=O) groups excluding carboxylic acids is 1. The molecule has 6 rings (SSSR count). The van der Waals surface area contributed by atoms with Gasteiger partial charge in [0.2, 0.25) is 0 Å². The van der Waals surface area contributed by atoms with Crippen LogP contribution in [0.15, 0.2) is 97.2 Å². The molecule has 1 N–H and O–H groups in total. The summed E-state index contributed by atoms with van der Waals surface area (Å²) in [6, 6.07) is 29.2. The van der Waals surface area contributed by atoms with Crippen molar-refractivity contribution < 1.29 is 4.79 Å². The third kappa shape index (κ3) is 4.55. The smallest absolute Gasteiger partial charge is 0.322 e. The number of fused-ring (bicyclic) bond motifs is 3. The van der Waals surface area contributed by atoms with E-state index in [9.17, 15) is 4.79 Å². The van der Waals surface area contributed by atoms with Crippen molar-refractivity contribution in [2.75, 3.05) is 24.3 Å². The highest BCUT2D eigenvalue weighted by Gasteiger charge is 2.36. The van der Waals surface area contributed by atoms with Crippen LogP contribution < -0.4 is 10.2 Å². The number of hydrogen-bond acceptors (Lipinski definition) is 3. The fourth-order valence-electron chi connectivity index (χ4n) is 5.22. The van der Waals surface area contributed by atoms with Crippen molar-refractivity contribution >= 4 is 29.0 Å². The first kappa shape index (κ1) is 24.8. The first-order valence-electron chi connectivity index (χ1n) is 12.8. The van der Waals surface area contributed by atoms with Crippen LogP contribution in [0.3, 0.4) is 0 Å². The molecular formula is C31H29ClN6O. The van der Waals surface area contributed by atoms with Gasteiger partial charge in [0.05, 0.1) is 29.7 Å². The molecule has 39 heavy (non-hydrogen) atoms. The van der Waals surface area contributed by atoms with Crippen LogP contribution in [0, 0.1) is 6.92 Å². The fourth-order valence-corrected chi connectivity index (χ4v) is 5.41. The number of halogens is 1. The maximum Gasteiger partial charge on any atom is 0.322 e. The van der Waals surface area contributed by atoms with Gasteiger partial charge in [-0.05, 0) is 67.1 Å². The topological polar surface area (TPSA) is 58.3 Å². The molecule has 1 aliphatic heterocycles. The van der Waals surface area contributed by atoms with Crippen molar-refractivity contribution in [1.29, 1.82) is 0 Å². The van der Waals surface area contributed by atoms with Gasteiger partial charge in [0.1, 0.15) is 5.82 Å². The number of nitrogens with zero attached hydrogens (tertiary/aromatic N) is 5. The molecule has 0 saturated heterocycles. The maximum absolute atomic E-state index is 14.0. The van der Waals surface area contributed by atoms with E-state index in [1.165, 1.54) is 0 Å². The third-order valence-electron chi connectivity index (χ3n) is 7.15. The van der Waals surface area contributed by atoms with Crippen LogP contribution in [0.2, 0.25) is 5.02 Å². The van der Waals surface area contributed by atoms with Crippen molar-refractivity contribution in [3.8, 4) is 11.5 Å². The number of nitrogens with one attached hydrogen (secondary N) is 1. The number of para-hydroxylation sites is 1. The summed E-state index contributed by atoms with van der Waals surface area (Å²) in [6.45, 7) is 2.38. The number of anilines is 2. The molecular weight excluding hydrogens is 508 g/mol. The largest absolute Gasteiger partial charge is 0.378 e. The summed E-state index contributed by atoms with van der Waals surface area (Å²) in [6.07, 6.45) is 2.05. The van der Waals surface area contributed by atoms with Crippen LogP contribution in [-0.4, -0.2) is 39.4 Å². The standard InChI is InChI=1S/C31H29ClN6O/c1-21-27-20-37(31(39)33-24-10-7-9-23(32)19-24)29(22-14-16-25(17-15-22)35(2)3)28-13-8-18-36(28)30(27)38(34-21)26-11-5-4-6-12-26/h4-19,29H,20H2,1-3H3,(H,33,39)/t29-/m1/s1. The summed E-state index contributed by atoms with van der Waals surface area (Å²) in [7, 11) is 4.04. The zero-order valence-corrected chi connectivity index (χ0v) is 22.8. The van der Waals surface area contributed by atoms with Crippen LogP contribution in [0.5, 0.6) is 0 Å². The lowest BCUT2D eigenvalue weighted by Gasteiger charge is -2.31. The van der Waals surface area contributed by atoms with E-state index in [4.69, 9.17) is 16.7 Å². The van der Waals surface area contributed by atoms with E-state index in [0.29, 0.717) is 17.3 Å². The molecule has 1 aliphatic rings. The third-order valence-corrected chi connectivity index (χ3v) is 7.38. The molecule has 7 nitrogen and oxygen atoms in total. The molecule has 0 aliphatic carbocycles. The first-order valence-corrected chi connectivity index (χ1v) is 13.2. The van der Waals surface area contributed by atoms with E-state index in [2.05, 4.69) is 45.1 Å². The maximum atomic E-state index is 14.0. The van der Waals surface area contributed by atoms with E-state index in [1.807, 2.05) is 85.3 Å². The second-order valence-electron chi connectivity index (χ2n) is 9.89. The van der Waals surface area contributed by atoms with Gasteiger partial charge in [-0.15, -0.1) is 0 Å². The number of aromatic nitrogens is 3. The molecule has 1 atom stereocenters. The minimum Gasteiger partial charge on any atom is -0.378 e. The van der Waals surface area contributed by atoms with Gasteiger partial charge < -0.3 is 19.7 Å². The number of carbonyl (C=O) groups is 1. The first-order chi connectivity index (χ1) is 18.9. The molecule has 0 bridgehead atoms. The Morgan fingerprint density at radius 2 is 1.74 bits per heavy atom. The van der Waals surface area contributed by atoms with E-state index in [-0.39, 0.29) is 12.1 Å². The number of rotatable bonds is 4. The van der Waals surface area contributed by atoms with Crippen LogP contribution in [0.4, 0.5) is 16.2 Å². The summed E-state index contributed by atoms with van der Waals surface area (Å²) in [5.74, 6) is 0.937. The number of amides is 2. The lowest BCUT2D eigenvalue weighted by atomic mass is 10.0. The molecule has 0 fully saturated rings. The van der Waals surface area contributed by atoms with Crippen LogP contribution in [0.25, 0.3) is 11.5 Å². The minimum absolute atomic E-state index is 0.216. The van der Waals surface area contributed by atoms with Crippen molar-refractivity contribution in [3.63, 3.8) is 0 Å². The van der Waals surface area contributed by atoms with Crippen LogP contribution in [0.1, 0.15) is 28.6 Å². The Labute approximate surface area is 232 Å². The zero-order chi connectivity index (χ0) is 27.1. The molecule has 2 aromatic heterocycles. The Bertz CT molecular complexity index is 1640. The van der Waals surface area contributed by atoms with Gasteiger partial charge in [-0.3, -0.25) is 0 Å². The van der Waals surface area contributed by atoms with Gasteiger partial charge in [0.15, 0.2) is 0 Å². The molecule has 196 valence electrons. The van der Waals surface area contributed by atoms with Gasteiger partial charge in [0, 0.05) is 42.3 Å². The molecule has 3 heterocycles. The van der Waals surface area contributed by atoms with Crippen molar-refractivity contribution in [2.24, 2.45) is 0 Å². The summed E-state index contributed by atoms with van der Waals surface area (Å²) < 4.78 is 4.14. The number of hydrogen-bond donors (Lipinski definition) is 1. The molecule has 0 radical (unpaired) electrons. The second kappa shape index (κ2) is 10.0. The monoisotopic (exact) mass is 536 g/mol.